The van der Waals surface area contributed by atoms with Gasteiger partial charge < -0.3 is 10.5 Å². The lowest BCUT2D eigenvalue weighted by molar-refractivity contribution is 0.271. The van der Waals surface area contributed by atoms with Crippen LogP contribution in [-0.4, -0.2) is 23.5 Å². The lowest BCUT2D eigenvalue weighted by Gasteiger charge is -2.21. The maximum absolute atomic E-state index is 5.95. The van der Waals surface area contributed by atoms with E-state index in [9.17, 15) is 0 Å². The number of nitrogens with two attached hydrogens (primary N) is 1. The van der Waals surface area contributed by atoms with Gasteiger partial charge in [-0.25, -0.2) is 0 Å². The standard InChI is InChI=1S/C16H21N3O/c1-3-19(11-13-6-8-18-9-7-13)12-14-4-5-16(20-2)15(17)10-14/h4-10H,3,11-12,17H2,1-2H3. The van der Waals surface area contributed by atoms with Gasteiger partial charge in [0.2, 0.25) is 0 Å². The number of nitrogen functional groups attached to an aromatic ring is 1. The monoisotopic (exact) mass is 271 g/mol. The largest absolute Gasteiger partial charge is 0.495 e. The number of methoxy groups -OCH3 is 1. The van der Waals surface area contributed by atoms with Gasteiger partial charge >= 0.3 is 0 Å². The molecule has 0 radical (unpaired) electrons. The Balaban J connectivity index is 2.04. The summed E-state index contributed by atoms with van der Waals surface area (Å²) in [5.74, 6) is 0.728. The second kappa shape index (κ2) is 6.91. The van der Waals surface area contributed by atoms with Gasteiger partial charge in [-0.15, -0.1) is 0 Å². The Labute approximate surface area is 120 Å². The molecule has 1 aromatic carbocycles. The molecular formula is C16H21N3O. The molecule has 0 bridgehead atoms. The minimum absolute atomic E-state index is 0.685. The Morgan fingerprint density at radius 1 is 1.10 bits per heavy atom. The van der Waals surface area contributed by atoms with Crippen molar-refractivity contribution in [1.29, 1.82) is 0 Å². The summed E-state index contributed by atoms with van der Waals surface area (Å²) in [5, 5.41) is 0. The highest BCUT2D eigenvalue weighted by Gasteiger charge is 2.07. The molecule has 2 N–H and O–H groups in total. The minimum Gasteiger partial charge on any atom is -0.495 e. The van der Waals surface area contributed by atoms with Gasteiger partial charge in [0.1, 0.15) is 5.75 Å². The van der Waals surface area contributed by atoms with Crippen LogP contribution in [0.4, 0.5) is 5.69 Å². The lowest BCUT2D eigenvalue weighted by Crippen LogP contribution is -2.22. The van der Waals surface area contributed by atoms with Gasteiger partial charge in [-0.2, -0.15) is 0 Å². The molecule has 0 aliphatic carbocycles. The Bertz CT molecular complexity index is 543. The summed E-state index contributed by atoms with van der Waals surface area (Å²) in [7, 11) is 1.63. The number of benzene rings is 1. The van der Waals surface area contributed by atoms with Crippen LogP contribution in [0.3, 0.4) is 0 Å². The molecule has 4 nitrogen and oxygen atoms in total. The fraction of sp³-hybridized carbons (Fsp3) is 0.312. The first kappa shape index (κ1) is 14.3. The second-order valence-corrected chi connectivity index (χ2v) is 4.74. The summed E-state index contributed by atoms with van der Waals surface area (Å²) in [4.78, 5) is 6.40. The van der Waals surface area contributed by atoms with E-state index < -0.39 is 0 Å². The number of rotatable bonds is 6. The summed E-state index contributed by atoms with van der Waals surface area (Å²) in [6, 6.07) is 10.1. The average Bonchev–Trinajstić information content (AvgIpc) is 2.48. The maximum Gasteiger partial charge on any atom is 0.141 e. The molecule has 1 aromatic heterocycles. The van der Waals surface area contributed by atoms with Crippen LogP contribution in [0, 0.1) is 0 Å². The van der Waals surface area contributed by atoms with Crippen molar-refractivity contribution in [3.63, 3.8) is 0 Å². The van der Waals surface area contributed by atoms with Gasteiger partial charge in [0, 0.05) is 25.5 Å². The Morgan fingerprint density at radius 2 is 1.80 bits per heavy atom. The highest BCUT2D eigenvalue weighted by Crippen LogP contribution is 2.22. The number of aromatic nitrogens is 1. The Kier molecular flexibility index (Phi) is 4.96. The highest BCUT2D eigenvalue weighted by molar-refractivity contribution is 5.54. The van der Waals surface area contributed by atoms with Crippen LogP contribution in [-0.2, 0) is 13.1 Å². The minimum atomic E-state index is 0.685. The summed E-state index contributed by atoms with van der Waals surface area (Å²) in [6.07, 6.45) is 3.66. The molecule has 0 fully saturated rings. The van der Waals surface area contributed by atoms with Gasteiger partial charge in [0.15, 0.2) is 0 Å². The average molecular weight is 271 g/mol. The normalized spacial score (nSPS) is 10.8. The fourth-order valence-corrected chi connectivity index (χ4v) is 2.17. The molecule has 4 heteroatoms. The lowest BCUT2D eigenvalue weighted by atomic mass is 10.1. The van der Waals surface area contributed by atoms with Gasteiger partial charge in [-0.3, -0.25) is 9.88 Å². The molecule has 0 aliphatic heterocycles. The maximum atomic E-state index is 5.95. The zero-order valence-corrected chi connectivity index (χ0v) is 12.0. The SMILES string of the molecule is CCN(Cc1ccncc1)Cc1ccc(OC)c(N)c1. The number of hydrogen-bond donors (Lipinski definition) is 1. The van der Waals surface area contributed by atoms with E-state index in [4.69, 9.17) is 10.5 Å². The van der Waals surface area contributed by atoms with E-state index in [0.717, 1.165) is 25.4 Å². The molecule has 20 heavy (non-hydrogen) atoms. The molecule has 2 aromatic rings. The molecule has 106 valence electrons. The third kappa shape index (κ3) is 3.71. The summed E-state index contributed by atoms with van der Waals surface area (Å²) in [6.45, 7) is 4.92. The highest BCUT2D eigenvalue weighted by atomic mass is 16.5. The van der Waals surface area contributed by atoms with E-state index >= 15 is 0 Å². The Morgan fingerprint density at radius 3 is 2.40 bits per heavy atom. The quantitative estimate of drug-likeness (QED) is 0.821. The zero-order chi connectivity index (χ0) is 14.4. The van der Waals surface area contributed by atoms with Crippen LogP contribution in [0.15, 0.2) is 42.7 Å². The van der Waals surface area contributed by atoms with Crippen molar-refractivity contribution in [3.8, 4) is 5.75 Å². The van der Waals surface area contributed by atoms with E-state index in [1.807, 2.05) is 36.7 Å². The van der Waals surface area contributed by atoms with E-state index in [-0.39, 0.29) is 0 Å². The number of ether oxygens (including phenoxy) is 1. The van der Waals surface area contributed by atoms with Crippen LogP contribution in [0.25, 0.3) is 0 Å². The predicted octanol–water partition coefficient (Wildman–Crippen LogP) is 2.69. The van der Waals surface area contributed by atoms with Crippen LogP contribution in [0.2, 0.25) is 0 Å². The number of hydrogen-bond acceptors (Lipinski definition) is 4. The van der Waals surface area contributed by atoms with Crippen molar-refractivity contribution >= 4 is 5.69 Å². The summed E-state index contributed by atoms with van der Waals surface area (Å²) >= 11 is 0. The number of nitrogens with zero attached hydrogens (tertiary/aromatic N) is 2. The van der Waals surface area contributed by atoms with Crippen molar-refractivity contribution in [2.45, 2.75) is 20.0 Å². The van der Waals surface area contributed by atoms with Crippen molar-refractivity contribution < 1.29 is 4.74 Å². The van der Waals surface area contributed by atoms with Crippen molar-refractivity contribution in [1.82, 2.24) is 9.88 Å². The van der Waals surface area contributed by atoms with E-state index in [1.165, 1.54) is 11.1 Å². The molecule has 0 spiro atoms. The molecule has 0 saturated heterocycles. The van der Waals surface area contributed by atoms with Gasteiger partial charge in [-0.05, 0) is 41.9 Å². The van der Waals surface area contributed by atoms with Gasteiger partial charge in [0.25, 0.3) is 0 Å². The molecule has 2 rings (SSSR count). The third-order valence-corrected chi connectivity index (χ3v) is 3.30. The number of anilines is 1. The zero-order valence-electron chi connectivity index (χ0n) is 12.0. The molecule has 0 aliphatic rings. The van der Waals surface area contributed by atoms with Crippen molar-refractivity contribution in [3.05, 3.63) is 53.9 Å². The Hall–Kier alpha value is -2.07. The molecule has 0 saturated carbocycles. The van der Waals surface area contributed by atoms with Gasteiger partial charge in [0.05, 0.1) is 12.8 Å². The van der Waals surface area contributed by atoms with Gasteiger partial charge in [-0.1, -0.05) is 13.0 Å². The topological polar surface area (TPSA) is 51.4 Å². The molecular weight excluding hydrogens is 250 g/mol. The molecule has 0 amide bonds. The second-order valence-electron chi connectivity index (χ2n) is 4.74. The molecule has 0 atom stereocenters. The molecule has 0 unspecified atom stereocenters. The fourth-order valence-electron chi connectivity index (χ4n) is 2.17. The predicted molar refractivity (Wildman–Crippen MR) is 81.4 cm³/mol. The van der Waals surface area contributed by atoms with Crippen molar-refractivity contribution in [2.75, 3.05) is 19.4 Å². The summed E-state index contributed by atoms with van der Waals surface area (Å²) < 4.78 is 5.18. The van der Waals surface area contributed by atoms with E-state index in [2.05, 4.69) is 22.9 Å². The smallest absolute Gasteiger partial charge is 0.141 e. The third-order valence-electron chi connectivity index (χ3n) is 3.30. The van der Waals surface area contributed by atoms with E-state index in [0.29, 0.717) is 5.69 Å². The van der Waals surface area contributed by atoms with Crippen molar-refractivity contribution in [2.24, 2.45) is 0 Å². The molecule has 1 heterocycles. The first-order valence-corrected chi connectivity index (χ1v) is 6.76. The van der Waals surface area contributed by atoms with Crippen LogP contribution >= 0.6 is 0 Å². The first-order valence-electron chi connectivity index (χ1n) is 6.76. The van der Waals surface area contributed by atoms with E-state index in [1.54, 1.807) is 7.11 Å². The first-order chi connectivity index (χ1) is 9.72. The van der Waals surface area contributed by atoms with Crippen LogP contribution in [0.5, 0.6) is 5.75 Å². The van der Waals surface area contributed by atoms with Crippen LogP contribution in [0.1, 0.15) is 18.1 Å². The van der Waals surface area contributed by atoms with Crippen LogP contribution < -0.4 is 10.5 Å². The number of pyridine rings is 1. The summed E-state index contributed by atoms with van der Waals surface area (Å²) in [5.41, 5.74) is 9.10.